The maximum atomic E-state index is 12.1. The van der Waals surface area contributed by atoms with E-state index in [1.807, 2.05) is 32.9 Å². The van der Waals surface area contributed by atoms with Crippen LogP contribution in [0, 0.1) is 0 Å². The van der Waals surface area contributed by atoms with Crippen molar-refractivity contribution in [3.63, 3.8) is 0 Å². The van der Waals surface area contributed by atoms with Crippen molar-refractivity contribution >= 4 is 40.4 Å². The van der Waals surface area contributed by atoms with Gasteiger partial charge in [-0.15, -0.1) is 11.8 Å². The molecule has 1 aliphatic rings. The molecule has 1 aliphatic heterocycles. The second kappa shape index (κ2) is 7.38. The molecule has 0 spiro atoms. The van der Waals surface area contributed by atoms with E-state index in [2.05, 4.69) is 9.97 Å². The predicted molar refractivity (Wildman–Crippen MR) is 101 cm³/mol. The quantitative estimate of drug-likeness (QED) is 0.703. The molecule has 2 aromatic rings. The minimum absolute atomic E-state index is 0.220. The molecule has 1 amide bonds. The van der Waals surface area contributed by atoms with Crippen LogP contribution in [0.2, 0.25) is 5.15 Å². The first-order valence-electron chi connectivity index (χ1n) is 8.37. The Hall–Kier alpha value is -1.53. The van der Waals surface area contributed by atoms with Gasteiger partial charge in [0.05, 0.1) is 10.5 Å². The zero-order valence-corrected chi connectivity index (χ0v) is 16.2. The first kappa shape index (κ1) is 18.3. The van der Waals surface area contributed by atoms with Crippen molar-refractivity contribution in [2.24, 2.45) is 0 Å². The molecular formula is C18H22ClN3O2S. The molecule has 3 heterocycles. The van der Waals surface area contributed by atoms with E-state index < -0.39 is 5.60 Å². The second-order valence-corrected chi connectivity index (χ2v) is 8.84. The van der Waals surface area contributed by atoms with Gasteiger partial charge < -0.3 is 9.64 Å². The van der Waals surface area contributed by atoms with Gasteiger partial charge in [0.2, 0.25) is 0 Å². The molecule has 0 unspecified atom stereocenters. The number of hydrogen-bond donors (Lipinski definition) is 0. The smallest absolute Gasteiger partial charge is 0.410 e. The summed E-state index contributed by atoms with van der Waals surface area (Å²) in [7, 11) is 0. The van der Waals surface area contributed by atoms with Crippen LogP contribution in [0.25, 0.3) is 10.9 Å². The number of carbonyl (C=O) groups excluding carboxylic acids is 1. The topological polar surface area (TPSA) is 55.3 Å². The molecule has 0 radical (unpaired) electrons. The van der Waals surface area contributed by atoms with Crippen LogP contribution >= 0.6 is 23.4 Å². The van der Waals surface area contributed by atoms with Crippen LogP contribution in [0.4, 0.5) is 4.79 Å². The van der Waals surface area contributed by atoms with Crippen LogP contribution in [-0.2, 0) is 4.74 Å². The van der Waals surface area contributed by atoms with E-state index in [1.165, 1.54) is 0 Å². The summed E-state index contributed by atoms with van der Waals surface area (Å²) >= 11 is 7.71. The number of halogens is 1. The molecule has 25 heavy (non-hydrogen) atoms. The van der Waals surface area contributed by atoms with Gasteiger partial charge in [0.15, 0.2) is 0 Å². The van der Waals surface area contributed by atoms with Crippen LogP contribution in [0.1, 0.15) is 33.6 Å². The Morgan fingerprint density at radius 3 is 2.72 bits per heavy atom. The van der Waals surface area contributed by atoms with E-state index in [4.69, 9.17) is 16.3 Å². The number of fused-ring (bicyclic) bond motifs is 1. The molecule has 3 rings (SSSR count). The average molecular weight is 380 g/mol. The van der Waals surface area contributed by atoms with Crippen LogP contribution in [0.15, 0.2) is 29.4 Å². The average Bonchev–Trinajstić information content (AvgIpc) is 2.53. The summed E-state index contributed by atoms with van der Waals surface area (Å²) in [4.78, 5) is 22.7. The standard InChI is InChI=1S/C18H22ClN3O2S/c1-18(2,3)24-17(23)22-8-6-13(7-9-22)25-16-5-4-12-11-20-15(19)10-14(12)21-16/h4-5,10-11,13H,6-9H2,1-3H3. The number of nitrogens with zero attached hydrogens (tertiary/aromatic N) is 3. The first-order valence-corrected chi connectivity index (χ1v) is 9.63. The van der Waals surface area contributed by atoms with E-state index in [0.29, 0.717) is 10.4 Å². The van der Waals surface area contributed by atoms with Gasteiger partial charge in [0.25, 0.3) is 0 Å². The molecule has 0 saturated carbocycles. The summed E-state index contributed by atoms with van der Waals surface area (Å²) in [6.45, 7) is 7.10. The Labute approximate surface area is 157 Å². The Morgan fingerprint density at radius 2 is 2.04 bits per heavy atom. The molecule has 0 aromatic carbocycles. The Balaban J connectivity index is 1.58. The van der Waals surface area contributed by atoms with E-state index in [0.717, 1.165) is 41.9 Å². The van der Waals surface area contributed by atoms with Crippen molar-refractivity contribution in [1.82, 2.24) is 14.9 Å². The lowest BCUT2D eigenvalue weighted by Gasteiger charge is -2.33. The van der Waals surface area contributed by atoms with Gasteiger partial charge in [-0.25, -0.2) is 14.8 Å². The lowest BCUT2D eigenvalue weighted by atomic mass is 10.1. The molecule has 2 aromatic heterocycles. The minimum Gasteiger partial charge on any atom is -0.444 e. The van der Waals surface area contributed by atoms with Gasteiger partial charge in [-0.05, 0) is 45.7 Å². The van der Waals surface area contributed by atoms with Gasteiger partial charge >= 0.3 is 6.09 Å². The number of rotatable bonds is 2. The van der Waals surface area contributed by atoms with Gasteiger partial charge in [-0.2, -0.15) is 0 Å². The van der Waals surface area contributed by atoms with Gasteiger partial charge in [-0.1, -0.05) is 11.6 Å². The number of thioether (sulfide) groups is 1. The highest BCUT2D eigenvalue weighted by Gasteiger charge is 2.27. The number of hydrogen-bond acceptors (Lipinski definition) is 5. The lowest BCUT2D eigenvalue weighted by Crippen LogP contribution is -2.42. The molecule has 0 aliphatic carbocycles. The molecule has 5 nitrogen and oxygen atoms in total. The minimum atomic E-state index is -0.451. The molecule has 0 bridgehead atoms. The molecule has 7 heteroatoms. The number of carbonyl (C=O) groups is 1. The monoisotopic (exact) mass is 379 g/mol. The first-order chi connectivity index (χ1) is 11.8. The lowest BCUT2D eigenvalue weighted by molar-refractivity contribution is 0.0219. The zero-order valence-electron chi connectivity index (χ0n) is 14.7. The van der Waals surface area contributed by atoms with Crippen LogP contribution in [0.3, 0.4) is 0 Å². The van der Waals surface area contributed by atoms with Crippen molar-refractivity contribution in [3.8, 4) is 0 Å². The fourth-order valence-electron chi connectivity index (χ4n) is 2.69. The third-order valence-corrected chi connectivity index (χ3v) is 5.38. The highest BCUT2D eigenvalue weighted by Crippen LogP contribution is 2.31. The SMILES string of the molecule is CC(C)(C)OC(=O)N1CCC(Sc2ccc3cnc(Cl)cc3n2)CC1. The third kappa shape index (κ3) is 4.98. The summed E-state index contributed by atoms with van der Waals surface area (Å²) in [6, 6.07) is 5.82. The molecule has 0 atom stereocenters. The predicted octanol–water partition coefficient (Wildman–Crippen LogP) is 4.77. The van der Waals surface area contributed by atoms with Crippen LogP contribution in [0.5, 0.6) is 0 Å². The number of pyridine rings is 2. The summed E-state index contributed by atoms with van der Waals surface area (Å²) in [5.41, 5.74) is 0.407. The molecule has 1 saturated heterocycles. The molecular weight excluding hydrogens is 358 g/mol. The molecule has 1 fully saturated rings. The Kier molecular flexibility index (Phi) is 5.39. The molecule has 0 N–H and O–H groups in total. The Morgan fingerprint density at radius 1 is 1.32 bits per heavy atom. The highest BCUT2D eigenvalue weighted by molar-refractivity contribution is 7.99. The number of aromatic nitrogens is 2. The van der Waals surface area contributed by atoms with Gasteiger partial charge in [-0.3, -0.25) is 0 Å². The van der Waals surface area contributed by atoms with Crippen molar-refractivity contribution in [2.75, 3.05) is 13.1 Å². The van der Waals surface area contributed by atoms with Crippen LogP contribution in [-0.4, -0.2) is 44.9 Å². The second-order valence-electron chi connectivity index (χ2n) is 7.13. The fraction of sp³-hybridized carbons (Fsp3) is 0.500. The normalized spacial score (nSPS) is 16.2. The number of likely N-dealkylation sites (tertiary alicyclic amines) is 1. The van der Waals surface area contributed by atoms with Gasteiger partial charge in [0, 0.05) is 36.0 Å². The Bertz CT molecular complexity index is 770. The number of ether oxygens (including phenoxy) is 1. The van der Waals surface area contributed by atoms with Crippen molar-refractivity contribution < 1.29 is 9.53 Å². The van der Waals surface area contributed by atoms with Crippen molar-refractivity contribution in [1.29, 1.82) is 0 Å². The van der Waals surface area contributed by atoms with E-state index in [1.54, 1.807) is 28.9 Å². The number of piperidine rings is 1. The van der Waals surface area contributed by atoms with Crippen molar-refractivity contribution in [2.45, 2.75) is 49.5 Å². The molecule has 134 valence electrons. The maximum Gasteiger partial charge on any atom is 0.410 e. The zero-order chi connectivity index (χ0) is 18.0. The van der Waals surface area contributed by atoms with E-state index >= 15 is 0 Å². The summed E-state index contributed by atoms with van der Waals surface area (Å²) in [5, 5.41) is 2.85. The van der Waals surface area contributed by atoms with E-state index in [-0.39, 0.29) is 6.09 Å². The summed E-state index contributed by atoms with van der Waals surface area (Å²) in [5.74, 6) is 0. The van der Waals surface area contributed by atoms with E-state index in [9.17, 15) is 4.79 Å². The summed E-state index contributed by atoms with van der Waals surface area (Å²) in [6.07, 6.45) is 3.38. The number of amides is 1. The largest absolute Gasteiger partial charge is 0.444 e. The van der Waals surface area contributed by atoms with Crippen LogP contribution < -0.4 is 0 Å². The van der Waals surface area contributed by atoms with Crippen molar-refractivity contribution in [3.05, 3.63) is 29.5 Å². The fourth-order valence-corrected chi connectivity index (χ4v) is 3.93. The highest BCUT2D eigenvalue weighted by atomic mass is 35.5. The maximum absolute atomic E-state index is 12.1. The third-order valence-electron chi connectivity index (χ3n) is 3.90. The summed E-state index contributed by atoms with van der Waals surface area (Å²) < 4.78 is 5.44. The van der Waals surface area contributed by atoms with Gasteiger partial charge in [0.1, 0.15) is 10.8 Å².